The van der Waals surface area contributed by atoms with Crippen LogP contribution in [0.3, 0.4) is 0 Å². The summed E-state index contributed by atoms with van der Waals surface area (Å²) >= 11 is 0. The Bertz CT molecular complexity index is 1560. The molecular weight excluding hydrogens is 700 g/mol. The van der Waals surface area contributed by atoms with E-state index in [4.69, 9.17) is 30.2 Å². The van der Waals surface area contributed by atoms with Gasteiger partial charge in [0.1, 0.15) is 34.8 Å². The first kappa shape index (κ1) is 41.6. The van der Waals surface area contributed by atoms with Crippen LogP contribution in [0.5, 0.6) is 23.0 Å². The molecule has 0 unspecified atom stereocenters. The molecule has 6 aliphatic rings. The fourth-order valence-electron chi connectivity index (χ4n) is 7.41. The van der Waals surface area contributed by atoms with Gasteiger partial charge in [-0.05, 0) is 61.8 Å². The molecule has 2 saturated heterocycles. The van der Waals surface area contributed by atoms with E-state index >= 15 is 0 Å². The van der Waals surface area contributed by atoms with Crippen molar-refractivity contribution in [2.24, 2.45) is 11.5 Å². The molecule has 16 nitrogen and oxygen atoms in total. The standard InChI is InChI=1S/2C16H22BN2O6.2Na/c2*18-9-16(4-5-16)19-7-11(8-19)24-12-2-1-10-3-6-17(22,23)25-14(10)13(12)15(20)21;;/h2*1-2,11,22-23H,3-9,18H2,(H,20,21);;/q2*-1;2*+1. The Morgan fingerprint density at radius 3 is 1.33 bits per heavy atom. The molecule has 0 atom stereocenters. The van der Waals surface area contributed by atoms with Crippen LogP contribution < -0.4 is 89.4 Å². The fourth-order valence-corrected chi connectivity index (χ4v) is 7.41. The summed E-state index contributed by atoms with van der Waals surface area (Å²) in [7, 11) is 0. The molecule has 2 aliphatic carbocycles. The van der Waals surface area contributed by atoms with Gasteiger partial charge in [0.25, 0.3) is 0 Å². The van der Waals surface area contributed by atoms with E-state index in [-0.39, 0.29) is 129 Å². The van der Waals surface area contributed by atoms with E-state index in [1.54, 1.807) is 24.3 Å². The molecule has 4 fully saturated rings. The molecule has 272 valence electrons. The van der Waals surface area contributed by atoms with Crippen LogP contribution in [0.2, 0.25) is 12.6 Å². The van der Waals surface area contributed by atoms with E-state index in [9.17, 15) is 39.9 Å². The maximum absolute atomic E-state index is 11.7. The number of aromatic carboxylic acids is 2. The first-order chi connectivity index (χ1) is 23.7. The summed E-state index contributed by atoms with van der Waals surface area (Å²) in [6, 6.07) is 6.69. The van der Waals surface area contributed by atoms with E-state index in [1.165, 1.54) is 0 Å². The number of carboxylic acid groups (broad SMARTS) is 2. The van der Waals surface area contributed by atoms with Crippen LogP contribution in [-0.2, 0) is 12.8 Å². The average molecular weight is 744 g/mol. The van der Waals surface area contributed by atoms with E-state index in [1.807, 2.05) is 0 Å². The molecule has 0 bridgehead atoms. The largest absolute Gasteiger partial charge is 1.00 e. The number of ether oxygens (including phenoxy) is 2. The molecule has 2 aromatic carbocycles. The summed E-state index contributed by atoms with van der Waals surface area (Å²) in [5, 5.41) is 58.2. The monoisotopic (exact) mass is 744 g/mol. The molecule has 0 spiro atoms. The van der Waals surface area contributed by atoms with Crippen LogP contribution in [0, 0.1) is 0 Å². The zero-order chi connectivity index (χ0) is 35.6. The number of likely N-dealkylation sites (tertiary alicyclic amines) is 2. The van der Waals surface area contributed by atoms with Crippen LogP contribution in [0.15, 0.2) is 24.3 Å². The molecule has 0 aromatic heterocycles. The van der Waals surface area contributed by atoms with Gasteiger partial charge >= 0.3 is 84.6 Å². The van der Waals surface area contributed by atoms with Gasteiger partial charge in [-0.2, -0.15) is 0 Å². The predicted molar refractivity (Wildman–Crippen MR) is 179 cm³/mol. The SMILES string of the molecule is NCC1(N2CC(Oc3ccc4c(c3C(=O)O)O[B-](O)(O)CC4)C2)CC1.NCC1(N2CC(Oc3ccc4c(c3C(=O)O)O[B-](O)(O)CC4)C2)CC1.[Na+].[Na+]. The molecule has 0 radical (unpaired) electrons. The van der Waals surface area contributed by atoms with Gasteiger partial charge < -0.3 is 60.6 Å². The number of nitrogens with zero attached hydrogens (tertiary/aromatic N) is 2. The van der Waals surface area contributed by atoms with Crippen LogP contribution in [0.4, 0.5) is 0 Å². The van der Waals surface area contributed by atoms with Crippen molar-refractivity contribution in [3.05, 3.63) is 46.5 Å². The summed E-state index contributed by atoms with van der Waals surface area (Å²) < 4.78 is 22.1. The first-order valence-corrected chi connectivity index (χ1v) is 17.3. The van der Waals surface area contributed by atoms with E-state index in [0.29, 0.717) is 63.2 Å². The third-order valence-corrected chi connectivity index (χ3v) is 11.1. The molecule has 2 saturated carbocycles. The van der Waals surface area contributed by atoms with Crippen LogP contribution in [0.1, 0.15) is 57.5 Å². The molecule has 4 heterocycles. The van der Waals surface area contributed by atoms with E-state index in [0.717, 1.165) is 25.7 Å². The fraction of sp³-hybridized carbons (Fsp3) is 0.562. The van der Waals surface area contributed by atoms with Gasteiger partial charge in [0.2, 0.25) is 0 Å². The third-order valence-electron chi connectivity index (χ3n) is 11.1. The summed E-state index contributed by atoms with van der Waals surface area (Å²) in [6.07, 6.45) is 4.96. The molecule has 20 heteroatoms. The Labute approximate surface area is 345 Å². The van der Waals surface area contributed by atoms with Crippen LogP contribution >= 0.6 is 0 Å². The van der Waals surface area contributed by atoms with Gasteiger partial charge in [-0.1, -0.05) is 24.8 Å². The van der Waals surface area contributed by atoms with Crippen molar-refractivity contribution in [1.29, 1.82) is 0 Å². The number of nitrogens with two attached hydrogens (primary N) is 2. The zero-order valence-corrected chi connectivity index (χ0v) is 33.7. The van der Waals surface area contributed by atoms with Crippen molar-refractivity contribution < 1.29 is 118 Å². The van der Waals surface area contributed by atoms with Gasteiger partial charge in [0.05, 0.1) is 11.5 Å². The Morgan fingerprint density at radius 2 is 1.04 bits per heavy atom. The number of fused-ring (bicyclic) bond motifs is 2. The maximum atomic E-state index is 11.7. The molecular formula is C32H44B2N4Na2O12. The van der Waals surface area contributed by atoms with Crippen molar-refractivity contribution in [2.75, 3.05) is 39.3 Å². The first-order valence-electron chi connectivity index (χ1n) is 17.3. The summed E-state index contributed by atoms with van der Waals surface area (Å²) in [5.74, 6) is -2.03. The Balaban J connectivity index is 0.000000194. The van der Waals surface area contributed by atoms with Crippen molar-refractivity contribution in [3.63, 3.8) is 0 Å². The van der Waals surface area contributed by atoms with Gasteiger partial charge in [-0.3, -0.25) is 9.80 Å². The Morgan fingerprint density at radius 1 is 0.692 bits per heavy atom. The number of carbonyl (C=O) groups is 2. The quantitative estimate of drug-likeness (QED) is 0.105. The number of hydrogen-bond acceptors (Lipinski definition) is 14. The second kappa shape index (κ2) is 15.5. The van der Waals surface area contributed by atoms with Crippen molar-refractivity contribution >= 4 is 25.4 Å². The van der Waals surface area contributed by atoms with Gasteiger partial charge in [-0.25, -0.2) is 9.59 Å². The third kappa shape index (κ3) is 8.31. The minimum atomic E-state index is -3.03. The summed E-state index contributed by atoms with van der Waals surface area (Å²) in [5.41, 5.74) is 12.9. The van der Waals surface area contributed by atoms with Gasteiger partial charge in [0, 0.05) is 50.3 Å². The second-order valence-corrected chi connectivity index (χ2v) is 14.6. The molecule has 2 aromatic rings. The zero-order valence-electron chi connectivity index (χ0n) is 29.7. The minimum absolute atomic E-state index is 0. The number of rotatable bonds is 10. The topological polar surface area (TPSA) is 251 Å². The minimum Gasteiger partial charge on any atom is -0.669 e. The molecule has 10 N–H and O–H groups in total. The van der Waals surface area contributed by atoms with Crippen molar-refractivity contribution in [1.82, 2.24) is 9.80 Å². The predicted octanol–water partition coefficient (Wildman–Crippen LogP) is -6.40. The maximum Gasteiger partial charge on any atom is 1.00 e. The normalized spacial score (nSPS) is 23.0. The van der Waals surface area contributed by atoms with E-state index in [2.05, 4.69) is 9.80 Å². The van der Waals surface area contributed by atoms with Crippen molar-refractivity contribution in [3.8, 4) is 23.0 Å². The molecule has 52 heavy (non-hydrogen) atoms. The average Bonchev–Trinajstić information content (AvgIpc) is 3.95. The number of hydrogen-bond donors (Lipinski definition) is 8. The van der Waals surface area contributed by atoms with Gasteiger partial charge in [-0.15, -0.1) is 0 Å². The number of benzene rings is 2. The van der Waals surface area contributed by atoms with Crippen LogP contribution in [0.25, 0.3) is 0 Å². The second-order valence-electron chi connectivity index (χ2n) is 14.6. The number of carboxylic acids is 2. The smallest absolute Gasteiger partial charge is 0.669 e. The Hall–Kier alpha value is -1.61. The van der Waals surface area contributed by atoms with Crippen molar-refractivity contribution in [2.45, 2.75) is 74.5 Å². The van der Waals surface area contributed by atoms with E-state index < -0.39 is 25.4 Å². The molecule has 0 amide bonds. The summed E-state index contributed by atoms with van der Waals surface area (Å²) in [4.78, 5) is 28.0. The Kier molecular flexibility index (Phi) is 12.4. The molecule has 4 aliphatic heterocycles. The molecule has 8 rings (SSSR count). The van der Waals surface area contributed by atoms with Crippen LogP contribution in [-0.4, -0.2) is 128 Å². The number of aryl methyl sites for hydroxylation is 2. The summed E-state index contributed by atoms with van der Waals surface area (Å²) in [6.45, 7) is -1.96. The van der Waals surface area contributed by atoms with Gasteiger partial charge in [0.15, 0.2) is 0 Å².